The fraction of sp³-hybridized carbons (Fsp3) is 0.500. The van der Waals surface area contributed by atoms with Gasteiger partial charge in [-0.25, -0.2) is 0 Å². The standard InChI is InChI=1S/C8H12N2O/c1-3-4-5-6-8-9-7(2)10-11-8/h3H,1,4-6H2,2H3. The molecule has 1 heterocycles. The largest absolute Gasteiger partial charge is 0.339 e. The molecule has 0 spiro atoms. The molecule has 0 aliphatic rings. The molecule has 0 amide bonds. The summed E-state index contributed by atoms with van der Waals surface area (Å²) >= 11 is 0. The van der Waals surface area contributed by atoms with E-state index in [1.54, 1.807) is 0 Å². The predicted octanol–water partition coefficient (Wildman–Crippen LogP) is 1.89. The first-order chi connectivity index (χ1) is 5.33. The fourth-order valence-corrected chi connectivity index (χ4v) is 0.839. The van der Waals surface area contributed by atoms with E-state index < -0.39 is 0 Å². The van der Waals surface area contributed by atoms with Gasteiger partial charge in [0.25, 0.3) is 0 Å². The lowest BCUT2D eigenvalue weighted by molar-refractivity contribution is 0.372. The van der Waals surface area contributed by atoms with Gasteiger partial charge in [-0.15, -0.1) is 6.58 Å². The molecule has 0 aliphatic heterocycles. The van der Waals surface area contributed by atoms with E-state index in [-0.39, 0.29) is 0 Å². The van der Waals surface area contributed by atoms with Gasteiger partial charge in [-0.3, -0.25) is 0 Å². The Labute approximate surface area is 66.1 Å². The molecule has 0 aliphatic carbocycles. The van der Waals surface area contributed by atoms with Crippen LogP contribution in [-0.4, -0.2) is 10.1 Å². The minimum Gasteiger partial charge on any atom is -0.339 e. The predicted molar refractivity (Wildman–Crippen MR) is 42.2 cm³/mol. The van der Waals surface area contributed by atoms with Crippen molar-refractivity contribution in [3.63, 3.8) is 0 Å². The van der Waals surface area contributed by atoms with Crippen molar-refractivity contribution in [1.82, 2.24) is 10.1 Å². The van der Waals surface area contributed by atoms with E-state index in [0.29, 0.717) is 5.82 Å². The first-order valence-electron chi connectivity index (χ1n) is 3.73. The highest BCUT2D eigenvalue weighted by Crippen LogP contribution is 2.01. The number of rotatable bonds is 4. The van der Waals surface area contributed by atoms with Gasteiger partial charge in [0.05, 0.1) is 0 Å². The van der Waals surface area contributed by atoms with Crippen molar-refractivity contribution in [2.24, 2.45) is 0 Å². The van der Waals surface area contributed by atoms with Gasteiger partial charge in [0.15, 0.2) is 5.82 Å². The summed E-state index contributed by atoms with van der Waals surface area (Å²) in [7, 11) is 0. The zero-order chi connectivity index (χ0) is 8.10. The molecule has 3 nitrogen and oxygen atoms in total. The van der Waals surface area contributed by atoms with E-state index in [9.17, 15) is 0 Å². The normalized spacial score (nSPS) is 9.91. The maximum atomic E-state index is 4.92. The summed E-state index contributed by atoms with van der Waals surface area (Å²) in [4.78, 5) is 4.07. The molecular weight excluding hydrogens is 140 g/mol. The zero-order valence-electron chi connectivity index (χ0n) is 6.71. The van der Waals surface area contributed by atoms with Crippen molar-refractivity contribution >= 4 is 0 Å². The molecule has 0 N–H and O–H groups in total. The topological polar surface area (TPSA) is 38.9 Å². The van der Waals surface area contributed by atoms with Gasteiger partial charge < -0.3 is 4.52 Å². The number of hydrogen-bond acceptors (Lipinski definition) is 3. The summed E-state index contributed by atoms with van der Waals surface area (Å²) < 4.78 is 4.92. The van der Waals surface area contributed by atoms with Crippen LogP contribution in [0.25, 0.3) is 0 Å². The third-order valence-corrected chi connectivity index (χ3v) is 1.37. The van der Waals surface area contributed by atoms with Crippen LogP contribution in [0.5, 0.6) is 0 Å². The van der Waals surface area contributed by atoms with Crippen LogP contribution in [-0.2, 0) is 6.42 Å². The molecule has 0 bridgehead atoms. The van der Waals surface area contributed by atoms with Gasteiger partial charge in [-0.1, -0.05) is 11.2 Å². The molecule has 1 rings (SSSR count). The molecule has 3 heteroatoms. The Hall–Kier alpha value is -1.12. The van der Waals surface area contributed by atoms with Crippen molar-refractivity contribution in [2.45, 2.75) is 26.2 Å². The van der Waals surface area contributed by atoms with Gasteiger partial charge in [0.2, 0.25) is 5.89 Å². The third kappa shape index (κ3) is 2.53. The third-order valence-electron chi connectivity index (χ3n) is 1.37. The Morgan fingerprint density at radius 3 is 3.00 bits per heavy atom. The number of aryl methyl sites for hydroxylation is 2. The van der Waals surface area contributed by atoms with Crippen LogP contribution in [0.1, 0.15) is 24.6 Å². The zero-order valence-corrected chi connectivity index (χ0v) is 6.71. The molecule has 11 heavy (non-hydrogen) atoms. The number of unbranched alkanes of at least 4 members (excludes halogenated alkanes) is 1. The molecule has 0 saturated heterocycles. The van der Waals surface area contributed by atoms with Crippen LogP contribution in [0, 0.1) is 6.92 Å². The average molecular weight is 152 g/mol. The number of aromatic nitrogens is 2. The van der Waals surface area contributed by atoms with Crippen LogP contribution < -0.4 is 0 Å². The second-order valence-electron chi connectivity index (χ2n) is 2.42. The van der Waals surface area contributed by atoms with Crippen molar-refractivity contribution < 1.29 is 4.52 Å². The van der Waals surface area contributed by atoms with E-state index in [1.807, 2.05) is 13.0 Å². The van der Waals surface area contributed by atoms with Gasteiger partial charge in [0, 0.05) is 6.42 Å². The van der Waals surface area contributed by atoms with E-state index in [2.05, 4.69) is 16.7 Å². The van der Waals surface area contributed by atoms with E-state index in [0.717, 1.165) is 25.2 Å². The first kappa shape index (κ1) is 7.98. The molecular formula is C8H12N2O. The Morgan fingerprint density at radius 2 is 2.45 bits per heavy atom. The molecule has 0 unspecified atom stereocenters. The molecule has 1 aromatic heterocycles. The van der Waals surface area contributed by atoms with Gasteiger partial charge in [-0.2, -0.15) is 4.98 Å². The number of hydrogen-bond donors (Lipinski definition) is 0. The quantitative estimate of drug-likeness (QED) is 0.488. The van der Waals surface area contributed by atoms with Crippen molar-refractivity contribution in [1.29, 1.82) is 0 Å². The minimum atomic E-state index is 0.707. The first-order valence-corrected chi connectivity index (χ1v) is 3.73. The van der Waals surface area contributed by atoms with Crippen LogP contribution >= 0.6 is 0 Å². The summed E-state index contributed by atoms with van der Waals surface area (Å²) in [5, 5.41) is 3.68. The van der Waals surface area contributed by atoms with Gasteiger partial charge in [-0.05, 0) is 19.8 Å². The van der Waals surface area contributed by atoms with E-state index in [1.165, 1.54) is 0 Å². The monoisotopic (exact) mass is 152 g/mol. The highest BCUT2D eigenvalue weighted by molar-refractivity contribution is 4.83. The van der Waals surface area contributed by atoms with Crippen LogP contribution in [0.2, 0.25) is 0 Å². The lowest BCUT2D eigenvalue weighted by Crippen LogP contribution is -1.84. The highest BCUT2D eigenvalue weighted by atomic mass is 16.5. The van der Waals surface area contributed by atoms with Crippen molar-refractivity contribution in [2.75, 3.05) is 0 Å². The van der Waals surface area contributed by atoms with Gasteiger partial charge in [0.1, 0.15) is 0 Å². The maximum Gasteiger partial charge on any atom is 0.226 e. The molecule has 0 saturated carbocycles. The number of nitrogens with zero attached hydrogens (tertiary/aromatic N) is 2. The van der Waals surface area contributed by atoms with E-state index >= 15 is 0 Å². The highest BCUT2D eigenvalue weighted by Gasteiger charge is 1.99. The average Bonchev–Trinajstić information content (AvgIpc) is 2.37. The summed E-state index contributed by atoms with van der Waals surface area (Å²) in [6.45, 7) is 5.45. The second-order valence-corrected chi connectivity index (χ2v) is 2.42. The molecule has 1 aromatic rings. The summed E-state index contributed by atoms with van der Waals surface area (Å²) in [5.41, 5.74) is 0. The minimum absolute atomic E-state index is 0.707. The fourth-order valence-electron chi connectivity index (χ4n) is 0.839. The van der Waals surface area contributed by atoms with Crippen LogP contribution in [0.3, 0.4) is 0 Å². The molecule has 0 radical (unpaired) electrons. The van der Waals surface area contributed by atoms with Crippen LogP contribution in [0.4, 0.5) is 0 Å². The summed E-state index contributed by atoms with van der Waals surface area (Å²) in [6, 6.07) is 0. The maximum absolute atomic E-state index is 4.92. The lowest BCUT2D eigenvalue weighted by atomic mass is 10.2. The number of allylic oxidation sites excluding steroid dienone is 1. The Kier molecular flexibility index (Phi) is 2.83. The Balaban J connectivity index is 2.32. The molecule has 0 aromatic carbocycles. The Morgan fingerprint density at radius 1 is 1.64 bits per heavy atom. The molecule has 0 fully saturated rings. The summed E-state index contributed by atoms with van der Waals surface area (Å²) in [5.74, 6) is 1.43. The van der Waals surface area contributed by atoms with Gasteiger partial charge >= 0.3 is 0 Å². The van der Waals surface area contributed by atoms with Crippen molar-refractivity contribution in [3.8, 4) is 0 Å². The molecule has 0 atom stereocenters. The van der Waals surface area contributed by atoms with Crippen molar-refractivity contribution in [3.05, 3.63) is 24.4 Å². The SMILES string of the molecule is C=CCCCc1nc(C)no1. The van der Waals surface area contributed by atoms with E-state index in [4.69, 9.17) is 4.52 Å². The van der Waals surface area contributed by atoms with Crippen LogP contribution in [0.15, 0.2) is 17.2 Å². The Bertz CT molecular complexity index is 230. The second kappa shape index (κ2) is 3.91. The molecule has 60 valence electrons. The smallest absolute Gasteiger partial charge is 0.226 e. The lowest BCUT2D eigenvalue weighted by Gasteiger charge is -1.88. The summed E-state index contributed by atoms with van der Waals surface area (Å²) in [6.07, 6.45) is 4.78.